The first kappa shape index (κ1) is 16.0. The molecule has 1 unspecified atom stereocenters. The number of hydrogen-bond acceptors (Lipinski definition) is 2. The standard InChI is InChI=1S/C22H21NO2/c1-2-8-17(9-3-1)13-14-19-18-10-4-5-11-20(18)23-21(19)16-25-22-12-6-7-15-24-22/h1-5,8-11,22-23H,6-7,12,15-16H2. The van der Waals surface area contributed by atoms with Crippen molar-refractivity contribution in [1.82, 2.24) is 4.98 Å². The lowest BCUT2D eigenvalue weighted by atomic mass is 10.1. The lowest BCUT2D eigenvalue weighted by Crippen LogP contribution is -2.22. The van der Waals surface area contributed by atoms with Gasteiger partial charge in [0, 0.05) is 23.1 Å². The van der Waals surface area contributed by atoms with Crippen LogP contribution in [0, 0.1) is 11.8 Å². The van der Waals surface area contributed by atoms with Gasteiger partial charge in [0.1, 0.15) is 0 Å². The number of H-pyrrole nitrogens is 1. The van der Waals surface area contributed by atoms with Crippen LogP contribution in [-0.4, -0.2) is 17.9 Å². The van der Waals surface area contributed by atoms with Crippen molar-refractivity contribution < 1.29 is 9.47 Å². The number of rotatable bonds is 3. The van der Waals surface area contributed by atoms with Crippen molar-refractivity contribution in [3.05, 3.63) is 71.4 Å². The zero-order valence-electron chi connectivity index (χ0n) is 14.1. The lowest BCUT2D eigenvalue weighted by Gasteiger charge is -2.22. The molecule has 0 saturated carbocycles. The van der Waals surface area contributed by atoms with Gasteiger partial charge in [-0.05, 0) is 37.5 Å². The van der Waals surface area contributed by atoms with E-state index >= 15 is 0 Å². The van der Waals surface area contributed by atoms with Crippen molar-refractivity contribution in [1.29, 1.82) is 0 Å². The molecule has 1 aliphatic heterocycles. The summed E-state index contributed by atoms with van der Waals surface area (Å²) >= 11 is 0. The average Bonchev–Trinajstić information content (AvgIpc) is 3.04. The number of aromatic amines is 1. The molecular formula is C22H21NO2. The largest absolute Gasteiger partial charge is 0.355 e. The van der Waals surface area contributed by atoms with Crippen LogP contribution >= 0.6 is 0 Å². The molecule has 1 saturated heterocycles. The molecule has 3 nitrogen and oxygen atoms in total. The highest BCUT2D eigenvalue weighted by atomic mass is 16.7. The smallest absolute Gasteiger partial charge is 0.158 e. The van der Waals surface area contributed by atoms with Crippen molar-refractivity contribution in [3.63, 3.8) is 0 Å². The van der Waals surface area contributed by atoms with Crippen LogP contribution in [0.4, 0.5) is 0 Å². The van der Waals surface area contributed by atoms with E-state index in [0.29, 0.717) is 6.61 Å². The first-order valence-electron chi connectivity index (χ1n) is 8.80. The first-order valence-corrected chi connectivity index (χ1v) is 8.80. The second-order valence-electron chi connectivity index (χ2n) is 6.25. The maximum absolute atomic E-state index is 5.97. The molecule has 126 valence electrons. The summed E-state index contributed by atoms with van der Waals surface area (Å²) in [6, 6.07) is 18.3. The minimum absolute atomic E-state index is 0.102. The molecule has 0 spiro atoms. The highest BCUT2D eigenvalue weighted by Crippen LogP contribution is 2.24. The molecule has 25 heavy (non-hydrogen) atoms. The van der Waals surface area contributed by atoms with Crippen molar-refractivity contribution in [2.45, 2.75) is 32.2 Å². The zero-order chi connectivity index (χ0) is 16.9. The molecule has 1 aliphatic rings. The topological polar surface area (TPSA) is 34.2 Å². The number of para-hydroxylation sites is 1. The first-order chi connectivity index (χ1) is 12.4. The minimum atomic E-state index is -0.102. The summed E-state index contributed by atoms with van der Waals surface area (Å²) in [6.07, 6.45) is 3.15. The predicted octanol–water partition coefficient (Wildman–Crippen LogP) is 4.61. The fourth-order valence-corrected chi connectivity index (χ4v) is 3.12. The second kappa shape index (κ2) is 7.57. The van der Waals surface area contributed by atoms with Crippen LogP contribution in [0.3, 0.4) is 0 Å². The summed E-state index contributed by atoms with van der Waals surface area (Å²) in [5, 5.41) is 1.13. The van der Waals surface area contributed by atoms with E-state index in [4.69, 9.17) is 9.47 Å². The van der Waals surface area contributed by atoms with Crippen LogP contribution < -0.4 is 0 Å². The van der Waals surface area contributed by atoms with Gasteiger partial charge >= 0.3 is 0 Å². The van der Waals surface area contributed by atoms with Crippen LogP contribution in [0.25, 0.3) is 10.9 Å². The maximum Gasteiger partial charge on any atom is 0.158 e. The Morgan fingerprint density at radius 1 is 1.00 bits per heavy atom. The van der Waals surface area contributed by atoms with E-state index in [2.05, 4.69) is 29.0 Å². The van der Waals surface area contributed by atoms with Crippen LogP contribution in [-0.2, 0) is 16.1 Å². The quantitative estimate of drug-likeness (QED) is 0.711. The molecule has 1 atom stereocenters. The van der Waals surface area contributed by atoms with Gasteiger partial charge in [0.15, 0.2) is 6.29 Å². The van der Waals surface area contributed by atoms with Gasteiger partial charge in [0.2, 0.25) is 0 Å². The normalized spacial score (nSPS) is 17.2. The predicted molar refractivity (Wildman–Crippen MR) is 99.1 cm³/mol. The molecule has 4 rings (SSSR count). The maximum atomic E-state index is 5.97. The Bertz CT molecular complexity index is 896. The molecular weight excluding hydrogens is 310 g/mol. The summed E-state index contributed by atoms with van der Waals surface area (Å²) in [4.78, 5) is 3.46. The van der Waals surface area contributed by atoms with Gasteiger partial charge in [0.25, 0.3) is 0 Å². The Balaban J connectivity index is 1.62. The number of hydrogen-bond donors (Lipinski definition) is 1. The summed E-state index contributed by atoms with van der Waals surface area (Å²) in [5.74, 6) is 6.60. The third-order valence-corrected chi connectivity index (χ3v) is 4.44. The number of nitrogens with one attached hydrogen (secondary N) is 1. The minimum Gasteiger partial charge on any atom is -0.355 e. The molecule has 0 bridgehead atoms. The van der Waals surface area contributed by atoms with Gasteiger partial charge in [-0.2, -0.15) is 0 Å². The monoisotopic (exact) mass is 331 g/mol. The third-order valence-electron chi connectivity index (χ3n) is 4.44. The average molecular weight is 331 g/mol. The summed E-state index contributed by atoms with van der Waals surface area (Å²) in [5.41, 5.74) is 4.12. The Morgan fingerprint density at radius 3 is 2.68 bits per heavy atom. The Labute approximate surface area is 148 Å². The highest BCUT2D eigenvalue weighted by Gasteiger charge is 2.16. The molecule has 2 heterocycles. The number of aromatic nitrogens is 1. The lowest BCUT2D eigenvalue weighted by molar-refractivity contribution is -0.169. The van der Waals surface area contributed by atoms with Crippen LogP contribution in [0.5, 0.6) is 0 Å². The van der Waals surface area contributed by atoms with E-state index in [1.165, 1.54) is 0 Å². The second-order valence-corrected chi connectivity index (χ2v) is 6.25. The molecule has 3 aromatic rings. The summed E-state index contributed by atoms with van der Waals surface area (Å²) in [7, 11) is 0. The van der Waals surface area contributed by atoms with Crippen molar-refractivity contribution in [2.75, 3.05) is 6.61 Å². The number of benzene rings is 2. The zero-order valence-corrected chi connectivity index (χ0v) is 14.1. The SMILES string of the molecule is C(#Cc1c(COC2CCCCO2)[nH]c2ccccc12)c1ccccc1. The van der Waals surface area contributed by atoms with Crippen molar-refractivity contribution >= 4 is 10.9 Å². The Morgan fingerprint density at radius 2 is 1.84 bits per heavy atom. The Hall–Kier alpha value is -2.54. The molecule has 0 aliphatic carbocycles. The van der Waals surface area contributed by atoms with Crippen LogP contribution in [0.1, 0.15) is 36.1 Å². The van der Waals surface area contributed by atoms with Gasteiger partial charge in [0.05, 0.1) is 17.9 Å². The number of fused-ring (bicyclic) bond motifs is 1. The highest BCUT2D eigenvalue weighted by molar-refractivity contribution is 5.87. The van der Waals surface area contributed by atoms with Crippen LogP contribution in [0.15, 0.2) is 54.6 Å². The summed E-state index contributed by atoms with van der Waals surface area (Å²) < 4.78 is 11.6. The fraction of sp³-hybridized carbons (Fsp3) is 0.273. The summed E-state index contributed by atoms with van der Waals surface area (Å²) in [6.45, 7) is 1.27. The van der Waals surface area contributed by atoms with Gasteiger partial charge in [-0.3, -0.25) is 0 Å². The van der Waals surface area contributed by atoms with Crippen LogP contribution in [0.2, 0.25) is 0 Å². The number of ether oxygens (including phenoxy) is 2. The third kappa shape index (κ3) is 3.76. The van der Waals surface area contributed by atoms with E-state index in [1.807, 2.05) is 42.5 Å². The molecule has 1 aromatic heterocycles. The molecule has 1 N–H and O–H groups in total. The van der Waals surface area contributed by atoms with E-state index in [0.717, 1.165) is 53.6 Å². The van der Waals surface area contributed by atoms with E-state index in [-0.39, 0.29) is 6.29 Å². The molecule has 2 aromatic carbocycles. The van der Waals surface area contributed by atoms with Crippen molar-refractivity contribution in [3.8, 4) is 11.8 Å². The fourth-order valence-electron chi connectivity index (χ4n) is 3.12. The van der Waals surface area contributed by atoms with E-state index in [1.54, 1.807) is 0 Å². The molecule has 0 amide bonds. The van der Waals surface area contributed by atoms with Gasteiger partial charge < -0.3 is 14.5 Å². The molecule has 1 fully saturated rings. The molecule has 3 heteroatoms. The van der Waals surface area contributed by atoms with Crippen molar-refractivity contribution in [2.24, 2.45) is 0 Å². The van der Waals surface area contributed by atoms with Gasteiger partial charge in [-0.25, -0.2) is 0 Å². The van der Waals surface area contributed by atoms with Gasteiger partial charge in [-0.15, -0.1) is 0 Å². The van der Waals surface area contributed by atoms with Gasteiger partial charge in [-0.1, -0.05) is 48.2 Å². The Kier molecular flexibility index (Phi) is 4.83. The molecule has 0 radical (unpaired) electrons. The van der Waals surface area contributed by atoms with E-state index in [9.17, 15) is 0 Å². The van der Waals surface area contributed by atoms with E-state index < -0.39 is 0 Å².